The highest BCUT2D eigenvalue weighted by molar-refractivity contribution is 8.01. The summed E-state index contributed by atoms with van der Waals surface area (Å²) in [6, 6.07) is 6.49. The smallest absolute Gasteiger partial charge is 0.330 e. The first-order valence-corrected chi connectivity index (χ1v) is 11.5. The van der Waals surface area contributed by atoms with E-state index in [-0.39, 0.29) is 10.7 Å². The van der Waals surface area contributed by atoms with E-state index >= 15 is 0 Å². The van der Waals surface area contributed by atoms with E-state index in [0.29, 0.717) is 18.0 Å². The van der Waals surface area contributed by atoms with Crippen LogP contribution in [-0.2, 0) is 10.0 Å². The van der Waals surface area contributed by atoms with Crippen molar-refractivity contribution in [3.05, 3.63) is 50.9 Å². The monoisotopic (exact) mass is 424 g/mol. The SMILES string of the molecule is Cc1ccc(S(=O)(=O)Nc2nc(=O)n3c(C)c(C)sc(SCCN)c2-3)cc1. The molecule has 7 nitrogen and oxygen atoms in total. The van der Waals surface area contributed by atoms with Crippen molar-refractivity contribution in [2.75, 3.05) is 17.0 Å². The summed E-state index contributed by atoms with van der Waals surface area (Å²) in [5.41, 5.74) is 7.28. The van der Waals surface area contributed by atoms with Crippen molar-refractivity contribution < 1.29 is 8.42 Å². The highest BCUT2D eigenvalue weighted by Gasteiger charge is 2.26. The Kier molecular flexibility index (Phi) is 5.61. The second kappa shape index (κ2) is 7.63. The van der Waals surface area contributed by atoms with Crippen LogP contribution in [0.15, 0.2) is 38.2 Å². The molecule has 0 saturated heterocycles. The molecule has 0 saturated carbocycles. The number of nitrogens with one attached hydrogen (secondary N) is 1. The number of imidazole rings is 1. The van der Waals surface area contributed by atoms with Gasteiger partial charge in [0.25, 0.3) is 10.0 Å². The number of rotatable bonds is 6. The highest BCUT2D eigenvalue weighted by Crippen LogP contribution is 2.38. The topological polar surface area (TPSA) is 107 Å². The van der Waals surface area contributed by atoms with Gasteiger partial charge >= 0.3 is 5.69 Å². The fraction of sp³-hybridized carbons (Fsp3) is 0.294. The predicted molar refractivity (Wildman–Crippen MR) is 110 cm³/mol. The number of nitrogens with two attached hydrogens (primary N) is 1. The van der Waals surface area contributed by atoms with Crippen LogP contribution in [0.1, 0.15) is 16.1 Å². The standard InChI is InChI=1S/C17H20N4O3S3/c1-10-4-6-13(7-5-10)27(23,24)20-15-14-16(25-9-8-18)26-12(3)11(2)21(14)17(22)19-15/h4-7H,8-9,18H2,1-3H3,(H,19,20,22). The molecule has 0 unspecified atom stereocenters. The minimum atomic E-state index is -3.86. The zero-order valence-corrected chi connectivity index (χ0v) is 17.6. The van der Waals surface area contributed by atoms with E-state index in [0.717, 1.165) is 20.3 Å². The maximum atomic E-state index is 12.8. The zero-order valence-electron chi connectivity index (χ0n) is 15.1. The molecule has 0 aromatic heterocycles. The number of anilines is 1. The summed E-state index contributed by atoms with van der Waals surface area (Å²) < 4.78 is 30.3. The van der Waals surface area contributed by atoms with Gasteiger partial charge in [0.1, 0.15) is 5.69 Å². The average molecular weight is 425 g/mol. The van der Waals surface area contributed by atoms with Crippen molar-refractivity contribution in [1.82, 2.24) is 9.55 Å². The zero-order chi connectivity index (χ0) is 19.8. The lowest BCUT2D eigenvalue weighted by Crippen LogP contribution is -2.17. The van der Waals surface area contributed by atoms with Crippen LogP contribution in [0.2, 0.25) is 0 Å². The van der Waals surface area contributed by atoms with Gasteiger partial charge in [-0.1, -0.05) is 17.7 Å². The van der Waals surface area contributed by atoms with Gasteiger partial charge in [-0.15, -0.1) is 23.1 Å². The lowest BCUT2D eigenvalue weighted by molar-refractivity contribution is 0.601. The van der Waals surface area contributed by atoms with E-state index in [9.17, 15) is 13.2 Å². The molecule has 0 amide bonds. The molecule has 0 bridgehead atoms. The molecule has 0 radical (unpaired) electrons. The van der Waals surface area contributed by atoms with Gasteiger partial charge in [0, 0.05) is 22.9 Å². The summed E-state index contributed by atoms with van der Waals surface area (Å²) in [6.45, 7) is 6.09. The van der Waals surface area contributed by atoms with Gasteiger partial charge in [-0.25, -0.2) is 13.2 Å². The van der Waals surface area contributed by atoms with Crippen LogP contribution in [0.4, 0.5) is 5.82 Å². The largest absolute Gasteiger partial charge is 0.354 e. The van der Waals surface area contributed by atoms with Crippen LogP contribution in [0, 0.1) is 20.8 Å². The van der Waals surface area contributed by atoms with Gasteiger partial charge in [-0.05, 0) is 32.9 Å². The molecule has 0 spiro atoms. The fourth-order valence-corrected chi connectivity index (χ4v) is 5.84. The number of aromatic nitrogens is 2. The maximum absolute atomic E-state index is 12.8. The molecule has 1 aromatic carbocycles. The molecule has 0 atom stereocenters. The number of hydrogen-bond acceptors (Lipinski definition) is 7. The van der Waals surface area contributed by atoms with Gasteiger partial charge in [0.2, 0.25) is 0 Å². The van der Waals surface area contributed by atoms with E-state index in [1.807, 2.05) is 20.8 Å². The molecule has 2 aliphatic heterocycles. The normalized spacial score (nSPS) is 11.9. The summed E-state index contributed by atoms with van der Waals surface area (Å²) in [5, 5.41) is 0. The first kappa shape index (κ1) is 19.9. The third kappa shape index (κ3) is 3.88. The molecule has 3 N–H and O–H groups in total. The number of fused-ring (bicyclic) bond motifs is 1. The van der Waals surface area contributed by atoms with Crippen LogP contribution >= 0.6 is 23.1 Å². The molecule has 0 aliphatic carbocycles. The Balaban J connectivity index is 2.12. The van der Waals surface area contributed by atoms with Crippen LogP contribution in [0.25, 0.3) is 5.69 Å². The molecule has 2 aliphatic rings. The second-order valence-electron chi connectivity index (χ2n) is 6.01. The van der Waals surface area contributed by atoms with E-state index < -0.39 is 15.7 Å². The van der Waals surface area contributed by atoms with Crippen molar-refractivity contribution in [3.63, 3.8) is 0 Å². The van der Waals surface area contributed by atoms with Gasteiger partial charge in [-0.2, -0.15) is 4.98 Å². The average Bonchev–Trinajstić information content (AvgIpc) is 2.93. The lowest BCUT2D eigenvalue weighted by atomic mass is 10.2. The number of benzene rings is 1. The Morgan fingerprint density at radius 1 is 1.22 bits per heavy atom. The number of hydrogen-bond donors (Lipinski definition) is 2. The molecule has 1 aromatic rings. The van der Waals surface area contributed by atoms with Crippen molar-refractivity contribution in [2.45, 2.75) is 29.9 Å². The maximum Gasteiger partial charge on any atom is 0.354 e. The summed E-state index contributed by atoms with van der Waals surface area (Å²) in [4.78, 5) is 17.5. The van der Waals surface area contributed by atoms with Crippen molar-refractivity contribution >= 4 is 38.9 Å². The van der Waals surface area contributed by atoms with E-state index in [1.165, 1.54) is 39.8 Å². The van der Waals surface area contributed by atoms with Crippen LogP contribution in [0.3, 0.4) is 0 Å². The molecule has 10 heteroatoms. The summed E-state index contributed by atoms with van der Waals surface area (Å²) >= 11 is 2.98. The van der Waals surface area contributed by atoms with Crippen molar-refractivity contribution in [1.29, 1.82) is 0 Å². The lowest BCUT2D eigenvalue weighted by Gasteiger charge is -2.15. The van der Waals surface area contributed by atoms with Gasteiger partial charge in [0.05, 0.1) is 9.10 Å². The second-order valence-corrected chi connectivity index (χ2v) is 10.3. The van der Waals surface area contributed by atoms with Gasteiger partial charge in [-0.3, -0.25) is 9.29 Å². The van der Waals surface area contributed by atoms with Crippen LogP contribution < -0.4 is 16.1 Å². The highest BCUT2D eigenvalue weighted by atomic mass is 32.2. The van der Waals surface area contributed by atoms with E-state index in [2.05, 4.69) is 9.71 Å². The molecule has 27 heavy (non-hydrogen) atoms. The predicted octanol–water partition coefficient (Wildman–Crippen LogP) is 2.51. The summed E-state index contributed by atoms with van der Waals surface area (Å²) in [6.07, 6.45) is 0. The molecular formula is C17H20N4O3S3. The number of nitrogens with zero attached hydrogens (tertiary/aromatic N) is 2. The third-order valence-corrected chi connectivity index (χ3v) is 7.88. The molecule has 3 rings (SSSR count). The first-order chi connectivity index (χ1) is 12.7. The first-order valence-electron chi connectivity index (χ1n) is 8.19. The minimum absolute atomic E-state index is 0.0412. The molecule has 0 fully saturated rings. The third-order valence-electron chi connectivity index (χ3n) is 4.04. The fourth-order valence-electron chi connectivity index (χ4n) is 2.54. The van der Waals surface area contributed by atoms with Crippen LogP contribution in [0.5, 0.6) is 0 Å². The summed E-state index contributed by atoms with van der Waals surface area (Å²) in [7, 11) is -3.86. The Labute approximate surface area is 166 Å². The minimum Gasteiger partial charge on any atom is -0.330 e. The number of thioether (sulfide) groups is 1. The van der Waals surface area contributed by atoms with Crippen molar-refractivity contribution in [2.24, 2.45) is 5.73 Å². The molecule has 144 valence electrons. The Morgan fingerprint density at radius 2 is 1.89 bits per heavy atom. The quantitative estimate of drug-likeness (QED) is 0.589. The Hall–Kier alpha value is -1.88. The number of sulfonamides is 1. The molecule has 2 heterocycles. The Morgan fingerprint density at radius 3 is 2.52 bits per heavy atom. The van der Waals surface area contributed by atoms with Gasteiger partial charge < -0.3 is 5.73 Å². The van der Waals surface area contributed by atoms with E-state index in [1.54, 1.807) is 12.1 Å². The number of aryl methyl sites for hydroxylation is 2. The summed E-state index contributed by atoms with van der Waals surface area (Å²) in [5.74, 6) is 0.692. The van der Waals surface area contributed by atoms with Crippen LogP contribution in [-0.4, -0.2) is 30.3 Å². The molecular weight excluding hydrogens is 404 g/mol. The van der Waals surface area contributed by atoms with Crippen molar-refractivity contribution in [3.8, 4) is 5.69 Å². The van der Waals surface area contributed by atoms with Gasteiger partial charge in [0.15, 0.2) is 5.82 Å². The van der Waals surface area contributed by atoms with E-state index in [4.69, 9.17) is 5.73 Å². The Bertz CT molecular complexity index is 1100.